The van der Waals surface area contributed by atoms with E-state index in [1.54, 1.807) is 0 Å². The number of aliphatic hydroxyl groups is 2. The quantitative estimate of drug-likeness (QED) is 0.0605. The predicted molar refractivity (Wildman–Crippen MR) is 178 cm³/mol. The highest BCUT2D eigenvalue weighted by Crippen LogP contribution is 2.65. The second-order valence-corrected chi connectivity index (χ2v) is 17.4. The van der Waals surface area contributed by atoms with Gasteiger partial charge in [-0.15, -0.1) is 0 Å². The van der Waals surface area contributed by atoms with Gasteiger partial charge < -0.3 is 19.5 Å². The maximum atomic E-state index is 10.6. The molecule has 4 nitrogen and oxygen atoms in total. The SMILES string of the molecule is CCCCCCCCC1(I)C2CC([B]OC(C)(C)C(C)(C)O)C=CC2C2CCC([B]OC(C)(C)C(C)(C)O)CC21. The number of fused-ring (bicyclic) bond motifs is 3. The van der Waals surface area contributed by atoms with Crippen molar-refractivity contribution in [1.82, 2.24) is 0 Å². The second-order valence-electron chi connectivity index (χ2n) is 15.4. The maximum absolute atomic E-state index is 10.6. The van der Waals surface area contributed by atoms with Crippen molar-refractivity contribution in [2.45, 2.75) is 170 Å². The van der Waals surface area contributed by atoms with Gasteiger partial charge in [0.1, 0.15) is 0 Å². The molecule has 0 aromatic heterocycles. The Morgan fingerprint density at radius 3 is 1.95 bits per heavy atom. The minimum atomic E-state index is -0.912. The zero-order chi connectivity index (χ0) is 30.0. The Balaban J connectivity index is 1.73. The van der Waals surface area contributed by atoms with E-state index >= 15 is 0 Å². The van der Waals surface area contributed by atoms with E-state index in [2.05, 4.69) is 49.1 Å². The fourth-order valence-corrected chi connectivity index (χ4v) is 8.76. The van der Waals surface area contributed by atoms with Crippen LogP contribution in [0.2, 0.25) is 11.6 Å². The molecule has 3 rings (SSSR count). The molecule has 0 saturated heterocycles. The molecule has 0 aliphatic heterocycles. The van der Waals surface area contributed by atoms with Gasteiger partial charge in [0.25, 0.3) is 7.48 Å². The van der Waals surface area contributed by atoms with Gasteiger partial charge in [-0.25, -0.2) is 0 Å². The van der Waals surface area contributed by atoms with Crippen LogP contribution >= 0.6 is 22.6 Å². The van der Waals surface area contributed by atoms with Crippen LogP contribution in [0.1, 0.15) is 133 Å². The van der Waals surface area contributed by atoms with Crippen LogP contribution in [-0.4, -0.2) is 51.0 Å². The summed E-state index contributed by atoms with van der Waals surface area (Å²) in [6.07, 6.45) is 19.0. The van der Waals surface area contributed by atoms with E-state index in [1.807, 2.05) is 62.9 Å². The summed E-state index contributed by atoms with van der Waals surface area (Å²) in [5.41, 5.74) is -3.06. The summed E-state index contributed by atoms with van der Waals surface area (Å²) in [5.74, 6) is 3.42. The van der Waals surface area contributed by atoms with Gasteiger partial charge in [-0.1, -0.05) is 93.0 Å². The van der Waals surface area contributed by atoms with Gasteiger partial charge >= 0.3 is 7.48 Å². The smallest absolute Gasteiger partial charge is 0.300 e. The number of hydrogen-bond acceptors (Lipinski definition) is 4. The molecule has 0 bridgehead atoms. The Bertz CT molecular complexity index is 833. The van der Waals surface area contributed by atoms with Crippen LogP contribution in [0.4, 0.5) is 0 Å². The number of rotatable bonds is 15. The number of allylic oxidation sites excluding steroid dienone is 2. The Labute approximate surface area is 262 Å². The van der Waals surface area contributed by atoms with Crippen LogP contribution in [0.25, 0.3) is 0 Å². The summed E-state index contributed by atoms with van der Waals surface area (Å²) in [5, 5.41) is 21.2. The summed E-state index contributed by atoms with van der Waals surface area (Å²) in [4.78, 5) is 0. The van der Waals surface area contributed by atoms with E-state index < -0.39 is 22.4 Å². The lowest BCUT2D eigenvalue weighted by Crippen LogP contribution is -2.48. The molecule has 0 aromatic carbocycles. The van der Waals surface area contributed by atoms with E-state index in [0.29, 0.717) is 23.6 Å². The number of unbranched alkanes of at least 4 members (excludes halogenated alkanes) is 5. The zero-order valence-electron chi connectivity index (χ0n) is 27.1. The molecular formula is C33H59B2IO4. The summed E-state index contributed by atoms with van der Waals surface area (Å²) in [6.45, 7) is 17.5. The van der Waals surface area contributed by atoms with E-state index in [4.69, 9.17) is 9.31 Å². The van der Waals surface area contributed by atoms with Gasteiger partial charge in [-0.3, -0.25) is 0 Å². The molecule has 7 atom stereocenters. The highest BCUT2D eigenvalue weighted by Gasteiger charge is 2.59. The first kappa shape index (κ1) is 34.9. The van der Waals surface area contributed by atoms with E-state index in [1.165, 1.54) is 64.2 Å². The van der Waals surface area contributed by atoms with Crippen molar-refractivity contribution < 1.29 is 19.5 Å². The minimum absolute atomic E-state index is 0.277. The van der Waals surface area contributed by atoms with Crippen molar-refractivity contribution in [3.63, 3.8) is 0 Å². The maximum Gasteiger partial charge on any atom is 0.300 e. The molecule has 0 spiro atoms. The molecule has 2 radical (unpaired) electrons. The molecule has 0 heterocycles. The lowest BCUT2D eigenvalue weighted by molar-refractivity contribution is -0.0914. The van der Waals surface area contributed by atoms with Gasteiger partial charge in [0.05, 0.1) is 22.4 Å². The van der Waals surface area contributed by atoms with Crippen LogP contribution < -0.4 is 0 Å². The fourth-order valence-electron chi connectivity index (χ4n) is 6.99. The molecule has 7 heteroatoms. The average Bonchev–Trinajstić information content (AvgIpc) is 3.10. The van der Waals surface area contributed by atoms with Gasteiger partial charge in [-0.2, -0.15) is 0 Å². The first-order chi connectivity index (χ1) is 18.4. The van der Waals surface area contributed by atoms with Crippen molar-refractivity contribution >= 4 is 37.6 Å². The largest absolute Gasteiger partial charge is 0.433 e. The molecule has 2 saturated carbocycles. The minimum Gasteiger partial charge on any atom is -0.433 e. The molecule has 3 aliphatic carbocycles. The number of hydrogen-bond donors (Lipinski definition) is 2. The predicted octanol–water partition coefficient (Wildman–Crippen LogP) is 8.48. The standard InChI is InChI=1S/C33H59B2IO4/c1-10-11-12-13-14-15-20-33(36)27-21-23(34-39-31(6,7)29(2,3)37)16-18-25(27)26-19-17-24(22-28(26)33)35-40-32(8,9)30(4,5)38/h16,18,23-28,37-38H,10-15,17,19-22H2,1-9H3. The topological polar surface area (TPSA) is 58.9 Å². The van der Waals surface area contributed by atoms with Crippen LogP contribution in [0, 0.1) is 23.7 Å². The molecule has 228 valence electrons. The molecule has 3 aliphatic rings. The Hall–Kier alpha value is 0.440. The van der Waals surface area contributed by atoms with Crippen LogP contribution in [0.5, 0.6) is 0 Å². The van der Waals surface area contributed by atoms with Crippen LogP contribution in [-0.2, 0) is 9.31 Å². The lowest BCUT2D eigenvalue weighted by Gasteiger charge is -2.43. The average molecular weight is 668 g/mol. The molecule has 0 aromatic rings. The van der Waals surface area contributed by atoms with Gasteiger partial charge in [0.2, 0.25) is 0 Å². The monoisotopic (exact) mass is 668 g/mol. The third-order valence-electron chi connectivity index (χ3n) is 11.2. The third kappa shape index (κ3) is 8.12. The van der Waals surface area contributed by atoms with Crippen molar-refractivity contribution in [2.24, 2.45) is 23.7 Å². The van der Waals surface area contributed by atoms with Gasteiger partial charge in [-0.05, 0) is 110 Å². The summed E-state index contributed by atoms with van der Waals surface area (Å²) in [6, 6.07) is 0. The van der Waals surface area contributed by atoms with Gasteiger partial charge in [0.15, 0.2) is 0 Å². The molecule has 2 N–H and O–H groups in total. The Kier molecular flexibility index (Phi) is 11.9. The summed E-state index contributed by atoms with van der Waals surface area (Å²) < 4.78 is 12.8. The second kappa shape index (κ2) is 13.6. The number of alkyl halides is 1. The Morgan fingerprint density at radius 2 is 1.35 bits per heavy atom. The molecule has 40 heavy (non-hydrogen) atoms. The zero-order valence-corrected chi connectivity index (χ0v) is 29.3. The highest BCUT2D eigenvalue weighted by atomic mass is 127. The van der Waals surface area contributed by atoms with Crippen molar-refractivity contribution in [2.75, 3.05) is 0 Å². The summed E-state index contributed by atoms with van der Waals surface area (Å²) in [7, 11) is 4.09. The first-order valence-electron chi connectivity index (χ1n) is 16.3. The fraction of sp³-hybridized carbons (Fsp3) is 0.939. The van der Waals surface area contributed by atoms with Crippen LogP contribution in [0.15, 0.2) is 12.2 Å². The van der Waals surface area contributed by atoms with Gasteiger partial charge in [0, 0.05) is 3.42 Å². The molecule has 2 fully saturated rings. The van der Waals surface area contributed by atoms with E-state index in [0.717, 1.165) is 12.3 Å². The lowest BCUT2D eigenvalue weighted by atomic mass is 9.61. The Morgan fingerprint density at radius 1 is 0.775 bits per heavy atom. The molecular weight excluding hydrogens is 609 g/mol. The summed E-state index contributed by atoms with van der Waals surface area (Å²) >= 11 is 2.91. The first-order valence-corrected chi connectivity index (χ1v) is 17.3. The van der Waals surface area contributed by atoms with Crippen LogP contribution in [0.3, 0.4) is 0 Å². The van der Waals surface area contributed by atoms with Crippen molar-refractivity contribution in [3.8, 4) is 0 Å². The molecule has 7 unspecified atom stereocenters. The number of halogens is 1. The van der Waals surface area contributed by atoms with E-state index in [9.17, 15) is 10.2 Å². The van der Waals surface area contributed by atoms with E-state index in [-0.39, 0.29) is 9.24 Å². The highest BCUT2D eigenvalue weighted by molar-refractivity contribution is 14.1. The normalized spacial score (nSPS) is 33.0. The molecule has 0 amide bonds. The third-order valence-corrected chi connectivity index (χ3v) is 13.3. The van der Waals surface area contributed by atoms with Crippen molar-refractivity contribution in [3.05, 3.63) is 12.2 Å². The van der Waals surface area contributed by atoms with Crippen molar-refractivity contribution in [1.29, 1.82) is 0 Å².